The molecule has 3 atom stereocenters. The van der Waals surface area contributed by atoms with E-state index in [0.29, 0.717) is 5.75 Å². The van der Waals surface area contributed by atoms with Crippen molar-refractivity contribution in [2.24, 2.45) is 5.73 Å². The van der Waals surface area contributed by atoms with E-state index in [-0.39, 0.29) is 18.9 Å². The molecular weight excluding hydrogens is 232 g/mol. The van der Waals surface area contributed by atoms with Gasteiger partial charge in [0.15, 0.2) is 0 Å². The van der Waals surface area contributed by atoms with Gasteiger partial charge in [-0.25, -0.2) is 0 Å². The maximum Gasteiger partial charge on any atom is 0.303 e. The second-order valence-corrected chi connectivity index (χ2v) is 5.17. The Morgan fingerprint density at radius 3 is 2.50 bits per heavy atom. The molecule has 0 aromatic heterocycles. The minimum Gasteiger partial charge on any atom is -0.481 e. The molecule has 7 heteroatoms. The van der Waals surface area contributed by atoms with E-state index in [0.717, 1.165) is 0 Å². The van der Waals surface area contributed by atoms with Crippen molar-refractivity contribution in [1.82, 2.24) is 5.32 Å². The summed E-state index contributed by atoms with van der Waals surface area (Å²) in [7, 11) is -0.986. The van der Waals surface area contributed by atoms with Crippen LogP contribution in [-0.2, 0) is 20.4 Å². The lowest BCUT2D eigenvalue weighted by Gasteiger charge is -2.16. The summed E-state index contributed by atoms with van der Waals surface area (Å²) in [5.74, 6) is -1.03. The second-order valence-electron chi connectivity index (χ2n) is 3.69. The molecule has 0 saturated heterocycles. The Morgan fingerprint density at radius 1 is 1.50 bits per heavy atom. The lowest BCUT2D eigenvalue weighted by molar-refractivity contribution is -0.137. The average Bonchev–Trinajstić information content (AvgIpc) is 2.12. The standard InChI is InChI=1S/C9H18N2O4S/c1-6(5-16(2)15)11-9(14)7(10)3-4-8(12)13/h6-7H,3-5,10H2,1-2H3,(H,11,14)(H,12,13). The number of carboxylic acids is 1. The first-order chi connectivity index (χ1) is 7.32. The van der Waals surface area contributed by atoms with Crippen molar-refractivity contribution >= 4 is 22.7 Å². The minimum atomic E-state index is -0.986. The molecule has 0 aromatic carbocycles. The van der Waals surface area contributed by atoms with Crippen molar-refractivity contribution in [3.63, 3.8) is 0 Å². The van der Waals surface area contributed by atoms with Gasteiger partial charge in [-0.1, -0.05) is 0 Å². The Kier molecular flexibility index (Phi) is 6.91. The largest absolute Gasteiger partial charge is 0.481 e. The molecule has 0 spiro atoms. The van der Waals surface area contributed by atoms with Gasteiger partial charge in [-0.15, -0.1) is 0 Å². The highest BCUT2D eigenvalue weighted by atomic mass is 32.2. The molecular formula is C9H18N2O4S. The number of aliphatic carboxylic acids is 1. The number of carboxylic acid groups (broad SMARTS) is 1. The van der Waals surface area contributed by atoms with Gasteiger partial charge in [0.2, 0.25) is 5.91 Å². The zero-order valence-corrected chi connectivity index (χ0v) is 10.3. The molecule has 0 radical (unpaired) electrons. The van der Waals surface area contributed by atoms with E-state index in [2.05, 4.69) is 5.32 Å². The number of hydrogen-bond donors (Lipinski definition) is 3. The van der Waals surface area contributed by atoms with Gasteiger partial charge in [0, 0.05) is 35.3 Å². The van der Waals surface area contributed by atoms with E-state index in [1.54, 1.807) is 13.2 Å². The number of nitrogens with one attached hydrogen (secondary N) is 1. The predicted octanol–water partition coefficient (Wildman–Crippen LogP) is -0.938. The van der Waals surface area contributed by atoms with E-state index in [9.17, 15) is 13.8 Å². The number of rotatable bonds is 7. The van der Waals surface area contributed by atoms with E-state index < -0.39 is 28.7 Å². The molecule has 0 aromatic rings. The SMILES string of the molecule is CC(CS(C)=O)NC(=O)C(N)CCC(=O)O. The molecule has 0 saturated carbocycles. The van der Waals surface area contributed by atoms with Gasteiger partial charge in [-0.05, 0) is 13.3 Å². The second kappa shape index (κ2) is 7.34. The number of hydrogen-bond acceptors (Lipinski definition) is 4. The molecule has 16 heavy (non-hydrogen) atoms. The smallest absolute Gasteiger partial charge is 0.303 e. The van der Waals surface area contributed by atoms with Crippen molar-refractivity contribution < 1.29 is 18.9 Å². The van der Waals surface area contributed by atoms with Gasteiger partial charge >= 0.3 is 5.97 Å². The zero-order chi connectivity index (χ0) is 12.7. The molecule has 0 heterocycles. The highest BCUT2D eigenvalue weighted by molar-refractivity contribution is 7.84. The molecule has 6 nitrogen and oxygen atoms in total. The fourth-order valence-corrected chi connectivity index (χ4v) is 1.94. The number of carbonyl (C=O) groups is 2. The van der Waals surface area contributed by atoms with Crippen LogP contribution >= 0.6 is 0 Å². The Morgan fingerprint density at radius 2 is 2.06 bits per heavy atom. The van der Waals surface area contributed by atoms with Crippen LogP contribution in [-0.4, -0.2) is 45.3 Å². The van der Waals surface area contributed by atoms with Crippen LogP contribution in [0.2, 0.25) is 0 Å². The summed E-state index contributed by atoms with van der Waals surface area (Å²) in [5, 5.41) is 11.0. The normalized spacial score (nSPS) is 16.2. The number of amides is 1. The first-order valence-electron chi connectivity index (χ1n) is 4.90. The summed E-state index contributed by atoms with van der Waals surface area (Å²) in [6.07, 6.45) is 1.51. The number of nitrogens with two attached hydrogens (primary N) is 1. The third-order valence-corrected chi connectivity index (χ3v) is 2.85. The minimum absolute atomic E-state index is 0.100. The summed E-state index contributed by atoms with van der Waals surface area (Å²) in [5.41, 5.74) is 5.49. The maximum atomic E-state index is 11.4. The summed E-state index contributed by atoms with van der Waals surface area (Å²) >= 11 is 0. The topological polar surface area (TPSA) is 109 Å². The monoisotopic (exact) mass is 250 g/mol. The van der Waals surface area contributed by atoms with Gasteiger partial charge in [0.05, 0.1) is 6.04 Å². The Bertz CT molecular complexity index is 283. The summed E-state index contributed by atoms with van der Waals surface area (Å²) in [4.78, 5) is 21.7. The van der Waals surface area contributed by atoms with Crippen LogP contribution in [0.15, 0.2) is 0 Å². The fraction of sp³-hybridized carbons (Fsp3) is 0.778. The van der Waals surface area contributed by atoms with Gasteiger partial charge in [-0.2, -0.15) is 0 Å². The molecule has 94 valence electrons. The molecule has 1 amide bonds. The third kappa shape index (κ3) is 7.36. The fourth-order valence-electron chi connectivity index (χ4n) is 1.15. The van der Waals surface area contributed by atoms with Crippen LogP contribution in [0.4, 0.5) is 0 Å². The van der Waals surface area contributed by atoms with Gasteiger partial charge in [0.1, 0.15) is 0 Å². The lowest BCUT2D eigenvalue weighted by Crippen LogP contribution is -2.46. The average molecular weight is 250 g/mol. The molecule has 0 aliphatic carbocycles. The zero-order valence-electron chi connectivity index (χ0n) is 9.43. The lowest BCUT2D eigenvalue weighted by atomic mass is 10.1. The highest BCUT2D eigenvalue weighted by Gasteiger charge is 2.17. The molecule has 3 unspecified atom stereocenters. The van der Waals surface area contributed by atoms with Crippen molar-refractivity contribution in [1.29, 1.82) is 0 Å². The maximum absolute atomic E-state index is 11.4. The molecule has 0 rings (SSSR count). The first-order valence-corrected chi connectivity index (χ1v) is 6.63. The van der Waals surface area contributed by atoms with E-state index in [4.69, 9.17) is 10.8 Å². The molecule has 4 N–H and O–H groups in total. The van der Waals surface area contributed by atoms with Crippen LogP contribution in [0.3, 0.4) is 0 Å². The van der Waals surface area contributed by atoms with Crippen molar-refractivity contribution in [2.45, 2.75) is 31.8 Å². The van der Waals surface area contributed by atoms with Crippen molar-refractivity contribution in [3.05, 3.63) is 0 Å². The number of carbonyl (C=O) groups excluding carboxylic acids is 1. The van der Waals surface area contributed by atoms with Crippen LogP contribution in [0.25, 0.3) is 0 Å². The van der Waals surface area contributed by atoms with Gasteiger partial charge in [-0.3, -0.25) is 13.8 Å². The Balaban J connectivity index is 3.95. The molecule has 0 bridgehead atoms. The van der Waals surface area contributed by atoms with Crippen LogP contribution in [0, 0.1) is 0 Å². The Hall–Kier alpha value is -0.950. The van der Waals surface area contributed by atoms with Crippen molar-refractivity contribution in [2.75, 3.05) is 12.0 Å². The van der Waals surface area contributed by atoms with Gasteiger partial charge in [0.25, 0.3) is 0 Å². The summed E-state index contributed by atoms with van der Waals surface area (Å²) < 4.78 is 10.9. The van der Waals surface area contributed by atoms with E-state index >= 15 is 0 Å². The third-order valence-electron chi connectivity index (χ3n) is 1.88. The molecule has 0 aliphatic rings. The first kappa shape index (κ1) is 15.0. The van der Waals surface area contributed by atoms with Crippen molar-refractivity contribution in [3.8, 4) is 0 Å². The van der Waals surface area contributed by atoms with Crippen LogP contribution in [0.5, 0.6) is 0 Å². The van der Waals surface area contributed by atoms with Crippen LogP contribution < -0.4 is 11.1 Å². The van der Waals surface area contributed by atoms with Gasteiger partial charge < -0.3 is 16.2 Å². The summed E-state index contributed by atoms with van der Waals surface area (Å²) in [6, 6.07) is -1.06. The van der Waals surface area contributed by atoms with E-state index in [1.165, 1.54) is 0 Å². The van der Waals surface area contributed by atoms with Crippen LogP contribution in [0.1, 0.15) is 19.8 Å². The quantitative estimate of drug-likeness (QED) is 0.540. The highest BCUT2D eigenvalue weighted by Crippen LogP contribution is 1.96. The molecule has 0 aliphatic heterocycles. The Labute approximate surface area is 97.0 Å². The predicted molar refractivity (Wildman–Crippen MR) is 61.4 cm³/mol. The molecule has 0 fully saturated rings. The van der Waals surface area contributed by atoms with E-state index in [1.807, 2.05) is 0 Å². The summed E-state index contributed by atoms with van der Waals surface area (Å²) in [6.45, 7) is 1.73.